The van der Waals surface area contributed by atoms with Gasteiger partial charge < -0.3 is 15.8 Å². The van der Waals surface area contributed by atoms with Crippen LogP contribution in [0.4, 0.5) is 0 Å². The van der Waals surface area contributed by atoms with E-state index in [2.05, 4.69) is 15.3 Å². The molecule has 0 bridgehead atoms. The molecule has 4 aromatic rings. The molecule has 0 unspecified atom stereocenters. The molecule has 0 saturated heterocycles. The van der Waals surface area contributed by atoms with Crippen molar-refractivity contribution in [3.8, 4) is 17.0 Å². The molecule has 0 spiro atoms. The molecule has 0 atom stereocenters. The Balaban J connectivity index is 1.65. The largest absolute Gasteiger partial charge is 0.496 e. The van der Waals surface area contributed by atoms with E-state index in [9.17, 15) is 4.79 Å². The third-order valence-corrected chi connectivity index (χ3v) is 5.96. The lowest BCUT2D eigenvalue weighted by Crippen LogP contribution is -2.26. The number of para-hydroxylation sites is 1. The van der Waals surface area contributed by atoms with Crippen molar-refractivity contribution in [2.45, 2.75) is 19.9 Å². The molecule has 2 heterocycles. The minimum absolute atomic E-state index is 0.252. The molecule has 170 valence electrons. The number of amides is 1. The standard InChI is InChI=1S/C24H23Cl2N5O2/c1-14-18(12-27)22(17-8-7-16(25)11-19(17)26)31-13-20(30-24(31)29-14)23(32)28-10-9-15-5-3-4-6-21(15)33-2/h3-8,11,13H,9-10,12,27H2,1-2H3,(H,28,32). The number of nitrogens with zero attached hydrogens (tertiary/aromatic N) is 3. The predicted octanol–water partition coefficient (Wildman–Crippen LogP) is 4.45. The van der Waals surface area contributed by atoms with E-state index in [0.29, 0.717) is 28.8 Å². The zero-order valence-corrected chi connectivity index (χ0v) is 19.7. The topological polar surface area (TPSA) is 94.5 Å². The quantitative estimate of drug-likeness (QED) is 0.404. The maximum Gasteiger partial charge on any atom is 0.271 e. The number of ether oxygens (including phenoxy) is 1. The third-order valence-electron chi connectivity index (χ3n) is 5.41. The van der Waals surface area contributed by atoms with Gasteiger partial charge >= 0.3 is 0 Å². The molecule has 9 heteroatoms. The van der Waals surface area contributed by atoms with Crippen molar-refractivity contribution in [1.82, 2.24) is 19.7 Å². The third kappa shape index (κ3) is 4.66. The number of carbonyl (C=O) groups is 1. The molecule has 1 amide bonds. The van der Waals surface area contributed by atoms with Crippen molar-refractivity contribution in [2.75, 3.05) is 13.7 Å². The highest BCUT2D eigenvalue weighted by molar-refractivity contribution is 6.36. The number of hydrogen-bond donors (Lipinski definition) is 2. The Morgan fingerprint density at radius 3 is 2.70 bits per heavy atom. The number of carbonyl (C=O) groups excluding carboxylic acids is 1. The zero-order valence-electron chi connectivity index (χ0n) is 18.2. The number of aryl methyl sites for hydroxylation is 1. The van der Waals surface area contributed by atoms with E-state index in [-0.39, 0.29) is 18.1 Å². The fourth-order valence-corrected chi connectivity index (χ4v) is 4.28. The van der Waals surface area contributed by atoms with E-state index in [0.717, 1.165) is 33.8 Å². The van der Waals surface area contributed by atoms with Crippen molar-refractivity contribution in [3.63, 3.8) is 0 Å². The van der Waals surface area contributed by atoms with Gasteiger partial charge in [0.05, 0.1) is 17.8 Å². The van der Waals surface area contributed by atoms with Crippen LogP contribution in [0, 0.1) is 6.92 Å². The Morgan fingerprint density at radius 2 is 1.97 bits per heavy atom. The molecule has 3 N–H and O–H groups in total. The van der Waals surface area contributed by atoms with Crippen LogP contribution in [0.1, 0.15) is 27.3 Å². The highest BCUT2D eigenvalue weighted by Crippen LogP contribution is 2.34. The van der Waals surface area contributed by atoms with Gasteiger partial charge in [0.2, 0.25) is 5.78 Å². The minimum Gasteiger partial charge on any atom is -0.496 e. The first kappa shape index (κ1) is 23.0. The summed E-state index contributed by atoms with van der Waals surface area (Å²) in [5.74, 6) is 0.883. The highest BCUT2D eigenvalue weighted by atomic mass is 35.5. The van der Waals surface area contributed by atoms with Crippen LogP contribution in [0.15, 0.2) is 48.7 Å². The number of nitrogens with one attached hydrogen (secondary N) is 1. The molecule has 0 aliphatic rings. The van der Waals surface area contributed by atoms with Crippen molar-refractivity contribution in [3.05, 3.63) is 81.2 Å². The number of aromatic nitrogens is 3. The summed E-state index contributed by atoms with van der Waals surface area (Å²) in [6.07, 6.45) is 2.28. The van der Waals surface area contributed by atoms with Gasteiger partial charge in [0.15, 0.2) is 0 Å². The lowest BCUT2D eigenvalue weighted by atomic mass is 10.0. The Morgan fingerprint density at radius 1 is 1.18 bits per heavy atom. The number of benzene rings is 2. The molecule has 2 aromatic carbocycles. The number of imidazole rings is 1. The van der Waals surface area contributed by atoms with Gasteiger partial charge in [-0.1, -0.05) is 41.4 Å². The summed E-state index contributed by atoms with van der Waals surface area (Å²) in [5.41, 5.74) is 10.3. The molecule has 0 fully saturated rings. The van der Waals surface area contributed by atoms with E-state index >= 15 is 0 Å². The van der Waals surface area contributed by atoms with E-state index in [1.165, 1.54) is 0 Å². The second-order valence-electron chi connectivity index (χ2n) is 7.47. The van der Waals surface area contributed by atoms with Crippen LogP contribution < -0.4 is 15.8 Å². The van der Waals surface area contributed by atoms with Crippen molar-refractivity contribution < 1.29 is 9.53 Å². The summed E-state index contributed by atoms with van der Waals surface area (Å²) in [6, 6.07) is 13.0. The molecule has 7 nitrogen and oxygen atoms in total. The van der Waals surface area contributed by atoms with Crippen LogP contribution in [-0.4, -0.2) is 33.9 Å². The van der Waals surface area contributed by atoms with E-state index < -0.39 is 0 Å². The second-order valence-corrected chi connectivity index (χ2v) is 8.31. The molecule has 0 saturated carbocycles. The molecule has 4 rings (SSSR count). The predicted molar refractivity (Wildman–Crippen MR) is 130 cm³/mol. The average Bonchev–Trinajstić information content (AvgIpc) is 3.22. The van der Waals surface area contributed by atoms with Crippen molar-refractivity contribution in [1.29, 1.82) is 0 Å². The summed E-state index contributed by atoms with van der Waals surface area (Å²) in [5, 5.41) is 3.92. The first-order chi connectivity index (χ1) is 15.9. The number of nitrogens with two attached hydrogens (primary N) is 1. The van der Waals surface area contributed by atoms with Crippen LogP contribution in [0.25, 0.3) is 17.0 Å². The maximum absolute atomic E-state index is 12.8. The van der Waals surface area contributed by atoms with Gasteiger partial charge in [0.25, 0.3) is 5.91 Å². The summed E-state index contributed by atoms with van der Waals surface area (Å²) >= 11 is 12.6. The smallest absolute Gasteiger partial charge is 0.271 e. The van der Waals surface area contributed by atoms with Gasteiger partial charge in [0, 0.05) is 41.1 Å². The molecule has 0 aliphatic carbocycles. The fourth-order valence-electron chi connectivity index (χ4n) is 3.79. The van der Waals surface area contributed by atoms with Gasteiger partial charge in [-0.05, 0) is 43.2 Å². The van der Waals surface area contributed by atoms with Crippen LogP contribution >= 0.6 is 23.2 Å². The first-order valence-corrected chi connectivity index (χ1v) is 11.1. The highest BCUT2D eigenvalue weighted by Gasteiger charge is 2.20. The lowest BCUT2D eigenvalue weighted by molar-refractivity contribution is 0.0949. The average molecular weight is 484 g/mol. The van der Waals surface area contributed by atoms with Crippen molar-refractivity contribution >= 4 is 34.9 Å². The summed E-state index contributed by atoms with van der Waals surface area (Å²) < 4.78 is 7.12. The Kier molecular flexibility index (Phi) is 6.83. The van der Waals surface area contributed by atoms with Gasteiger partial charge in [-0.15, -0.1) is 0 Å². The maximum atomic E-state index is 12.8. The van der Waals surface area contributed by atoms with Gasteiger partial charge in [-0.2, -0.15) is 0 Å². The Labute approximate surface area is 201 Å². The SMILES string of the molecule is COc1ccccc1CCNC(=O)c1cn2c(-c3ccc(Cl)cc3Cl)c(CN)c(C)nc2n1. The molecule has 0 aliphatic heterocycles. The van der Waals surface area contributed by atoms with Gasteiger partial charge in [-0.25, -0.2) is 9.97 Å². The monoisotopic (exact) mass is 483 g/mol. The normalized spacial score (nSPS) is 11.1. The number of fused-ring (bicyclic) bond motifs is 1. The molecule has 0 radical (unpaired) electrons. The van der Waals surface area contributed by atoms with Crippen LogP contribution in [0.2, 0.25) is 10.0 Å². The second kappa shape index (κ2) is 9.79. The first-order valence-electron chi connectivity index (χ1n) is 10.4. The number of hydrogen-bond acceptors (Lipinski definition) is 5. The lowest BCUT2D eigenvalue weighted by Gasteiger charge is -2.14. The fraction of sp³-hybridized carbons (Fsp3) is 0.208. The summed E-state index contributed by atoms with van der Waals surface area (Å²) in [6.45, 7) is 2.54. The van der Waals surface area contributed by atoms with Gasteiger partial charge in [0.1, 0.15) is 11.4 Å². The molecular weight excluding hydrogens is 461 g/mol. The molecular formula is C24H23Cl2N5O2. The molecule has 2 aromatic heterocycles. The molecule has 33 heavy (non-hydrogen) atoms. The number of methoxy groups -OCH3 is 1. The summed E-state index contributed by atoms with van der Waals surface area (Å²) in [4.78, 5) is 21.8. The summed E-state index contributed by atoms with van der Waals surface area (Å²) in [7, 11) is 1.63. The van der Waals surface area contributed by atoms with E-state index in [1.54, 1.807) is 29.8 Å². The van der Waals surface area contributed by atoms with Crippen molar-refractivity contribution in [2.24, 2.45) is 5.73 Å². The van der Waals surface area contributed by atoms with Crippen LogP contribution in [-0.2, 0) is 13.0 Å². The van der Waals surface area contributed by atoms with E-state index in [4.69, 9.17) is 33.7 Å². The van der Waals surface area contributed by atoms with E-state index in [1.807, 2.05) is 37.3 Å². The van der Waals surface area contributed by atoms with Crippen LogP contribution in [0.5, 0.6) is 5.75 Å². The zero-order chi connectivity index (χ0) is 23.5. The van der Waals surface area contributed by atoms with Crippen LogP contribution in [0.3, 0.4) is 0 Å². The number of halogens is 2. The Hall–Kier alpha value is -3.13. The van der Waals surface area contributed by atoms with Gasteiger partial charge in [-0.3, -0.25) is 9.20 Å². The minimum atomic E-state index is -0.296. The Bertz CT molecular complexity index is 1340. The number of rotatable bonds is 7.